The SMILES string of the molecule is CC(c1ccc(O)cc1O)N(C)CCN1CCNCC1. The summed E-state index contributed by atoms with van der Waals surface area (Å²) in [6, 6.07) is 4.93. The Morgan fingerprint density at radius 3 is 2.65 bits per heavy atom. The van der Waals surface area contributed by atoms with Crippen molar-refractivity contribution in [2.75, 3.05) is 46.3 Å². The molecule has 1 saturated heterocycles. The van der Waals surface area contributed by atoms with E-state index in [0.29, 0.717) is 0 Å². The Morgan fingerprint density at radius 2 is 2.00 bits per heavy atom. The topological polar surface area (TPSA) is 59.0 Å². The van der Waals surface area contributed by atoms with Gasteiger partial charge in [0.2, 0.25) is 0 Å². The standard InChI is InChI=1S/C15H25N3O2/c1-12(14-4-3-13(19)11-15(14)20)17(2)9-10-18-7-5-16-6-8-18/h3-4,11-12,16,19-20H,5-10H2,1-2H3. The zero-order valence-electron chi connectivity index (χ0n) is 12.3. The van der Waals surface area contributed by atoms with Gasteiger partial charge in [-0.15, -0.1) is 0 Å². The summed E-state index contributed by atoms with van der Waals surface area (Å²) < 4.78 is 0. The van der Waals surface area contributed by atoms with Crippen molar-refractivity contribution in [3.05, 3.63) is 23.8 Å². The molecule has 20 heavy (non-hydrogen) atoms. The molecule has 0 spiro atoms. The Bertz CT molecular complexity index is 433. The smallest absolute Gasteiger partial charge is 0.124 e. The molecule has 3 N–H and O–H groups in total. The number of benzene rings is 1. The molecule has 1 aliphatic heterocycles. The number of nitrogens with one attached hydrogen (secondary N) is 1. The van der Waals surface area contributed by atoms with Crippen LogP contribution in [0.5, 0.6) is 11.5 Å². The summed E-state index contributed by atoms with van der Waals surface area (Å²) in [5.74, 6) is 0.258. The van der Waals surface area contributed by atoms with Crippen LogP contribution in [0.2, 0.25) is 0 Å². The van der Waals surface area contributed by atoms with Gasteiger partial charge in [-0.25, -0.2) is 0 Å². The third kappa shape index (κ3) is 3.85. The Hall–Kier alpha value is -1.30. The molecule has 5 nitrogen and oxygen atoms in total. The lowest BCUT2D eigenvalue weighted by molar-refractivity contribution is 0.182. The second-order valence-electron chi connectivity index (χ2n) is 5.49. The number of likely N-dealkylation sites (N-methyl/N-ethyl adjacent to an activating group) is 1. The summed E-state index contributed by atoms with van der Waals surface area (Å²) in [4.78, 5) is 4.69. The highest BCUT2D eigenvalue weighted by atomic mass is 16.3. The average molecular weight is 279 g/mol. The third-order valence-electron chi connectivity index (χ3n) is 4.10. The van der Waals surface area contributed by atoms with Gasteiger partial charge in [0, 0.05) is 56.9 Å². The van der Waals surface area contributed by atoms with E-state index in [9.17, 15) is 10.2 Å². The molecular formula is C15H25N3O2. The number of hydrogen-bond acceptors (Lipinski definition) is 5. The highest BCUT2D eigenvalue weighted by Gasteiger charge is 2.17. The van der Waals surface area contributed by atoms with E-state index in [-0.39, 0.29) is 17.5 Å². The summed E-state index contributed by atoms with van der Waals surface area (Å²) in [5, 5.41) is 22.6. The molecule has 0 amide bonds. The van der Waals surface area contributed by atoms with Crippen LogP contribution in [0.1, 0.15) is 18.5 Å². The Kier molecular flexibility index (Phi) is 5.23. The van der Waals surface area contributed by atoms with E-state index < -0.39 is 0 Å². The lowest BCUT2D eigenvalue weighted by atomic mass is 10.1. The van der Waals surface area contributed by atoms with Crippen molar-refractivity contribution >= 4 is 0 Å². The monoisotopic (exact) mass is 279 g/mol. The molecule has 2 rings (SSSR count). The van der Waals surface area contributed by atoms with E-state index in [1.807, 2.05) is 0 Å². The fraction of sp³-hybridized carbons (Fsp3) is 0.600. The first-order valence-corrected chi connectivity index (χ1v) is 7.23. The number of phenols is 2. The summed E-state index contributed by atoms with van der Waals surface area (Å²) in [6.07, 6.45) is 0. The predicted molar refractivity (Wildman–Crippen MR) is 80.1 cm³/mol. The first kappa shape index (κ1) is 15.1. The maximum absolute atomic E-state index is 9.92. The van der Waals surface area contributed by atoms with Crippen molar-refractivity contribution in [2.24, 2.45) is 0 Å². The van der Waals surface area contributed by atoms with Crippen LogP contribution in [0.25, 0.3) is 0 Å². The largest absolute Gasteiger partial charge is 0.508 e. The van der Waals surface area contributed by atoms with Crippen molar-refractivity contribution in [2.45, 2.75) is 13.0 Å². The molecule has 1 unspecified atom stereocenters. The lowest BCUT2D eigenvalue weighted by Crippen LogP contribution is -2.46. The zero-order chi connectivity index (χ0) is 14.5. The maximum atomic E-state index is 9.92. The fourth-order valence-electron chi connectivity index (χ4n) is 2.55. The van der Waals surface area contributed by atoms with Gasteiger partial charge in [0.15, 0.2) is 0 Å². The van der Waals surface area contributed by atoms with Crippen molar-refractivity contribution in [3.63, 3.8) is 0 Å². The molecule has 0 bridgehead atoms. The molecule has 1 heterocycles. The zero-order valence-corrected chi connectivity index (χ0v) is 12.3. The molecule has 1 aromatic rings. The van der Waals surface area contributed by atoms with Gasteiger partial charge in [-0.05, 0) is 20.0 Å². The van der Waals surface area contributed by atoms with Gasteiger partial charge in [-0.3, -0.25) is 9.80 Å². The molecule has 1 aliphatic rings. The number of hydrogen-bond donors (Lipinski definition) is 3. The van der Waals surface area contributed by atoms with Gasteiger partial charge in [0.05, 0.1) is 0 Å². The number of rotatable bonds is 5. The number of aromatic hydroxyl groups is 2. The Labute approximate surface area is 120 Å². The van der Waals surface area contributed by atoms with Crippen LogP contribution in [0.15, 0.2) is 18.2 Å². The molecule has 112 valence electrons. The summed E-state index contributed by atoms with van der Waals surface area (Å²) in [5.41, 5.74) is 0.852. The van der Waals surface area contributed by atoms with Crippen molar-refractivity contribution in [1.29, 1.82) is 0 Å². The van der Waals surface area contributed by atoms with Gasteiger partial charge in [-0.2, -0.15) is 0 Å². The van der Waals surface area contributed by atoms with E-state index in [1.54, 1.807) is 12.1 Å². The minimum atomic E-state index is 0.0990. The average Bonchev–Trinajstić information content (AvgIpc) is 2.45. The van der Waals surface area contributed by atoms with Crippen molar-refractivity contribution in [3.8, 4) is 11.5 Å². The molecule has 5 heteroatoms. The predicted octanol–water partition coefficient (Wildman–Crippen LogP) is 0.996. The summed E-state index contributed by atoms with van der Waals surface area (Å²) >= 11 is 0. The minimum Gasteiger partial charge on any atom is -0.508 e. The summed E-state index contributed by atoms with van der Waals surface area (Å²) in [6.45, 7) is 8.42. The number of phenolic OH excluding ortho intramolecular Hbond substituents is 2. The second kappa shape index (κ2) is 6.92. The van der Waals surface area contributed by atoms with Gasteiger partial charge in [0.1, 0.15) is 11.5 Å². The van der Waals surface area contributed by atoms with Gasteiger partial charge >= 0.3 is 0 Å². The maximum Gasteiger partial charge on any atom is 0.124 e. The minimum absolute atomic E-state index is 0.0990. The Morgan fingerprint density at radius 1 is 1.30 bits per heavy atom. The van der Waals surface area contributed by atoms with E-state index in [0.717, 1.165) is 44.8 Å². The molecule has 1 fully saturated rings. The van der Waals surface area contributed by atoms with Crippen LogP contribution < -0.4 is 5.32 Å². The molecule has 0 aliphatic carbocycles. The summed E-state index contributed by atoms with van der Waals surface area (Å²) in [7, 11) is 2.07. The van der Waals surface area contributed by atoms with E-state index in [2.05, 4.69) is 29.1 Å². The first-order chi connectivity index (χ1) is 9.58. The van der Waals surface area contributed by atoms with Crippen LogP contribution in [0, 0.1) is 0 Å². The number of piperazine rings is 1. The van der Waals surface area contributed by atoms with Crippen molar-refractivity contribution < 1.29 is 10.2 Å². The van der Waals surface area contributed by atoms with Crippen LogP contribution >= 0.6 is 0 Å². The lowest BCUT2D eigenvalue weighted by Gasteiger charge is -2.31. The third-order valence-corrected chi connectivity index (χ3v) is 4.10. The van der Waals surface area contributed by atoms with Crippen molar-refractivity contribution in [1.82, 2.24) is 15.1 Å². The fourth-order valence-corrected chi connectivity index (χ4v) is 2.55. The molecule has 0 radical (unpaired) electrons. The van der Waals surface area contributed by atoms with Crippen LogP contribution in [0.4, 0.5) is 0 Å². The molecule has 0 aromatic heterocycles. The van der Waals surface area contributed by atoms with Gasteiger partial charge in [-0.1, -0.05) is 6.07 Å². The van der Waals surface area contributed by atoms with E-state index in [1.165, 1.54) is 6.07 Å². The molecular weight excluding hydrogens is 254 g/mol. The Balaban J connectivity index is 1.89. The second-order valence-corrected chi connectivity index (χ2v) is 5.49. The quantitative estimate of drug-likeness (QED) is 0.750. The normalized spacial score (nSPS) is 18.4. The van der Waals surface area contributed by atoms with Crippen LogP contribution in [0.3, 0.4) is 0 Å². The first-order valence-electron chi connectivity index (χ1n) is 7.23. The molecule has 0 saturated carbocycles. The molecule has 1 aromatic carbocycles. The highest BCUT2D eigenvalue weighted by molar-refractivity contribution is 5.40. The van der Waals surface area contributed by atoms with Crippen LogP contribution in [-0.4, -0.2) is 66.3 Å². The number of nitrogens with zero attached hydrogens (tertiary/aromatic N) is 2. The van der Waals surface area contributed by atoms with E-state index >= 15 is 0 Å². The van der Waals surface area contributed by atoms with Crippen LogP contribution in [-0.2, 0) is 0 Å². The van der Waals surface area contributed by atoms with Gasteiger partial charge in [0.25, 0.3) is 0 Å². The van der Waals surface area contributed by atoms with Gasteiger partial charge < -0.3 is 15.5 Å². The van der Waals surface area contributed by atoms with E-state index in [4.69, 9.17) is 0 Å². The molecule has 1 atom stereocenters. The highest BCUT2D eigenvalue weighted by Crippen LogP contribution is 2.30.